The summed E-state index contributed by atoms with van der Waals surface area (Å²) < 4.78 is 26.5. The summed E-state index contributed by atoms with van der Waals surface area (Å²) in [6.07, 6.45) is -0.682. The molecule has 1 heterocycles. The van der Waals surface area contributed by atoms with Crippen molar-refractivity contribution < 1.29 is 18.7 Å². The Kier molecular flexibility index (Phi) is 3.87. The van der Waals surface area contributed by atoms with Crippen LogP contribution in [0, 0.1) is 11.6 Å². The molecule has 0 unspecified atom stereocenters. The SMILES string of the molecule is C[C@H](O)CN1C(=O)CS[C@@H]1c1ccc(F)cc1F. The summed E-state index contributed by atoms with van der Waals surface area (Å²) in [7, 11) is 0. The second-order valence-corrected chi connectivity index (χ2v) is 5.29. The van der Waals surface area contributed by atoms with Crippen LogP contribution in [-0.2, 0) is 4.79 Å². The van der Waals surface area contributed by atoms with E-state index in [2.05, 4.69) is 0 Å². The van der Waals surface area contributed by atoms with Crippen LogP contribution in [0.3, 0.4) is 0 Å². The number of rotatable bonds is 3. The molecule has 2 rings (SSSR count). The van der Waals surface area contributed by atoms with Crippen molar-refractivity contribution in [2.75, 3.05) is 12.3 Å². The molecule has 1 fully saturated rings. The lowest BCUT2D eigenvalue weighted by atomic mass is 10.2. The molecular formula is C12H13F2NO2S. The number of β-amino-alcohol motifs (C(OH)–C–C–N with tert-alkyl or cyclic N) is 1. The molecule has 18 heavy (non-hydrogen) atoms. The number of hydrogen-bond acceptors (Lipinski definition) is 3. The van der Waals surface area contributed by atoms with E-state index in [1.807, 2.05) is 0 Å². The zero-order valence-corrected chi connectivity index (χ0v) is 10.6. The first-order chi connectivity index (χ1) is 8.49. The minimum atomic E-state index is -0.682. The molecule has 0 saturated carbocycles. The third kappa shape index (κ3) is 2.64. The molecule has 0 aliphatic carbocycles. The van der Waals surface area contributed by atoms with E-state index in [4.69, 9.17) is 0 Å². The maximum Gasteiger partial charge on any atom is 0.233 e. The van der Waals surface area contributed by atoms with Crippen molar-refractivity contribution in [2.45, 2.75) is 18.4 Å². The topological polar surface area (TPSA) is 40.5 Å². The Morgan fingerprint density at radius 2 is 2.28 bits per heavy atom. The van der Waals surface area contributed by atoms with Gasteiger partial charge in [0.05, 0.1) is 11.9 Å². The van der Waals surface area contributed by atoms with E-state index >= 15 is 0 Å². The Morgan fingerprint density at radius 1 is 1.56 bits per heavy atom. The average molecular weight is 273 g/mol. The third-order valence-electron chi connectivity index (χ3n) is 2.66. The van der Waals surface area contributed by atoms with Gasteiger partial charge in [-0.25, -0.2) is 8.78 Å². The van der Waals surface area contributed by atoms with Crippen LogP contribution in [0.25, 0.3) is 0 Å². The predicted octanol–water partition coefficient (Wildman–Crippen LogP) is 1.92. The number of hydrogen-bond donors (Lipinski definition) is 1. The van der Waals surface area contributed by atoms with Crippen molar-refractivity contribution in [1.29, 1.82) is 0 Å². The summed E-state index contributed by atoms with van der Waals surface area (Å²) >= 11 is 1.28. The summed E-state index contributed by atoms with van der Waals surface area (Å²) in [5, 5.41) is 8.86. The highest BCUT2D eigenvalue weighted by molar-refractivity contribution is 8.00. The Morgan fingerprint density at radius 3 is 2.89 bits per heavy atom. The van der Waals surface area contributed by atoms with E-state index in [9.17, 15) is 18.7 Å². The summed E-state index contributed by atoms with van der Waals surface area (Å²) in [4.78, 5) is 13.1. The van der Waals surface area contributed by atoms with E-state index in [1.165, 1.54) is 28.8 Å². The summed E-state index contributed by atoms with van der Waals surface area (Å²) in [5.41, 5.74) is 0.271. The lowest BCUT2D eigenvalue weighted by Crippen LogP contribution is -2.34. The van der Waals surface area contributed by atoms with Crippen LogP contribution < -0.4 is 0 Å². The monoisotopic (exact) mass is 273 g/mol. The van der Waals surface area contributed by atoms with Gasteiger partial charge in [-0.05, 0) is 13.0 Å². The van der Waals surface area contributed by atoms with Crippen LogP contribution in [0.2, 0.25) is 0 Å². The van der Waals surface area contributed by atoms with E-state index in [1.54, 1.807) is 6.92 Å². The number of carbonyl (C=O) groups excluding carboxylic acids is 1. The largest absolute Gasteiger partial charge is 0.392 e. The molecule has 6 heteroatoms. The number of carbonyl (C=O) groups is 1. The van der Waals surface area contributed by atoms with Gasteiger partial charge in [0.1, 0.15) is 17.0 Å². The smallest absolute Gasteiger partial charge is 0.233 e. The molecule has 1 saturated heterocycles. The van der Waals surface area contributed by atoms with Gasteiger partial charge in [-0.15, -0.1) is 11.8 Å². The van der Waals surface area contributed by atoms with Crippen molar-refractivity contribution in [1.82, 2.24) is 4.90 Å². The first-order valence-corrected chi connectivity index (χ1v) is 6.58. The Hall–Kier alpha value is -1.14. The second kappa shape index (κ2) is 5.24. The first-order valence-electron chi connectivity index (χ1n) is 5.53. The van der Waals surface area contributed by atoms with Crippen LogP contribution in [0.4, 0.5) is 8.78 Å². The van der Waals surface area contributed by atoms with Crippen molar-refractivity contribution >= 4 is 17.7 Å². The minimum Gasteiger partial charge on any atom is -0.392 e. The van der Waals surface area contributed by atoms with Gasteiger partial charge in [-0.2, -0.15) is 0 Å². The van der Waals surface area contributed by atoms with Gasteiger partial charge in [-0.1, -0.05) is 6.07 Å². The average Bonchev–Trinajstić information content (AvgIpc) is 2.60. The molecular weight excluding hydrogens is 260 g/mol. The Balaban J connectivity index is 2.28. The number of aliphatic hydroxyl groups excluding tert-OH is 1. The summed E-state index contributed by atoms with van der Waals surface area (Å²) in [6, 6.07) is 3.32. The fourth-order valence-corrected chi connectivity index (χ4v) is 3.12. The number of benzene rings is 1. The van der Waals surface area contributed by atoms with E-state index in [-0.39, 0.29) is 23.8 Å². The zero-order valence-electron chi connectivity index (χ0n) is 9.77. The van der Waals surface area contributed by atoms with Crippen molar-refractivity contribution in [2.24, 2.45) is 0 Å². The molecule has 1 aliphatic heterocycles. The quantitative estimate of drug-likeness (QED) is 0.914. The van der Waals surface area contributed by atoms with Crippen LogP contribution >= 0.6 is 11.8 Å². The number of amides is 1. The molecule has 1 aromatic carbocycles. The fraction of sp³-hybridized carbons (Fsp3) is 0.417. The molecule has 1 amide bonds. The van der Waals surface area contributed by atoms with Crippen molar-refractivity contribution in [3.63, 3.8) is 0 Å². The first kappa shape index (κ1) is 13.3. The Labute approximate surface area is 108 Å². The van der Waals surface area contributed by atoms with Gasteiger partial charge < -0.3 is 10.0 Å². The number of thioether (sulfide) groups is 1. The molecule has 1 aliphatic rings. The third-order valence-corrected chi connectivity index (χ3v) is 3.90. The van der Waals surface area contributed by atoms with Gasteiger partial charge in [0.15, 0.2) is 0 Å². The molecule has 0 bridgehead atoms. The minimum absolute atomic E-state index is 0.144. The zero-order chi connectivity index (χ0) is 13.3. The van der Waals surface area contributed by atoms with Crippen LogP contribution in [0.15, 0.2) is 18.2 Å². The molecule has 98 valence electrons. The number of nitrogens with zero attached hydrogens (tertiary/aromatic N) is 1. The number of halogens is 2. The van der Waals surface area contributed by atoms with Crippen molar-refractivity contribution in [3.05, 3.63) is 35.4 Å². The highest BCUT2D eigenvalue weighted by atomic mass is 32.2. The lowest BCUT2D eigenvalue weighted by molar-refractivity contribution is -0.129. The van der Waals surface area contributed by atoms with Crippen LogP contribution in [0.1, 0.15) is 17.9 Å². The van der Waals surface area contributed by atoms with Gasteiger partial charge in [0, 0.05) is 18.2 Å². The van der Waals surface area contributed by atoms with Gasteiger partial charge >= 0.3 is 0 Å². The van der Waals surface area contributed by atoms with Gasteiger partial charge in [0.2, 0.25) is 5.91 Å². The van der Waals surface area contributed by atoms with Crippen molar-refractivity contribution in [3.8, 4) is 0 Å². The fourth-order valence-electron chi connectivity index (χ4n) is 1.90. The highest BCUT2D eigenvalue weighted by Crippen LogP contribution is 2.39. The summed E-state index contributed by atoms with van der Waals surface area (Å²) in [6.45, 7) is 1.71. The molecule has 1 N–H and O–H groups in total. The molecule has 1 aromatic rings. The molecule has 2 atom stereocenters. The standard InChI is InChI=1S/C12H13F2NO2S/c1-7(16)5-15-11(17)6-18-12(15)9-3-2-8(13)4-10(9)14/h2-4,7,12,16H,5-6H2,1H3/t7-,12+/m0/s1. The highest BCUT2D eigenvalue weighted by Gasteiger charge is 2.34. The van der Waals surface area contributed by atoms with E-state index in [0.29, 0.717) is 0 Å². The van der Waals surface area contributed by atoms with E-state index in [0.717, 1.165) is 6.07 Å². The van der Waals surface area contributed by atoms with E-state index < -0.39 is 23.1 Å². The number of aliphatic hydroxyl groups is 1. The maximum absolute atomic E-state index is 13.7. The maximum atomic E-state index is 13.7. The Bertz CT molecular complexity index is 467. The molecule has 0 aromatic heterocycles. The van der Waals surface area contributed by atoms with Crippen LogP contribution in [-0.4, -0.2) is 34.3 Å². The van der Waals surface area contributed by atoms with Gasteiger partial charge in [-0.3, -0.25) is 4.79 Å². The normalized spacial score (nSPS) is 21.4. The molecule has 0 spiro atoms. The summed E-state index contributed by atoms with van der Waals surface area (Å²) in [5.74, 6) is -1.21. The molecule has 0 radical (unpaired) electrons. The van der Waals surface area contributed by atoms with Gasteiger partial charge in [0.25, 0.3) is 0 Å². The predicted molar refractivity (Wildman–Crippen MR) is 65.0 cm³/mol. The van der Waals surface area contributed by atoms with Crippen LogP contribution in [0.5, 0.6) is 0 Å². The second-order valence-electron chi connectivity index (χ2n) is 4.22. The molecule has 3 nitrogen and oxygen atoms in total. The lowest BCUT2D eigenvalue weighted by Gasteiger charge is -2.25.